The molecular formula is C6H6N4O2. The molecule has 0 saturated carbocycles. The highest BCUT2D eigenvalue weighted by atomic mass is 16.2. The van der Waals surface area contributed by atoms with Gasteiger partial charge in [0, 0.05) is 0 Å². The van der Waals surface area contributed by atoms with Gasteiger partial charge in [-0.05, 0) is 0 Å². The Morgan fingerprint density at radius 3 is 3.08 bits per heavy atom. The van der Waals surface area contributed by atoms with Crippen molar-refractivity contribution in [1.29, 1.82) is 0 Å². The number of aromatic nitrogens is 2. The van der Waals surface area contributed by atoms with Gasteiger partial charge in [0.05, 0.1) is 12.9 Å². The van der Waals surface area contributed by atoms with Gasteiger partial charge in [0.25, 0.3) is 5.56 Å². The molecule has 0 spiro atoms. The van der Waals surface area contributed by atoms with Crippen LogP contribution in [-0.2, 0) is 4.79 Å². The molecule has 0 unspecified atom stereocenters. The molecule has 0 radical (unpaired) electrons. The van der Waals surface area contributed by atoms with Crippen LogP contribution in [0.3, 0.4) is 0 Å². The fraction of sp³-hybridized carbons (Fsp3) is 0.167. The lowest BCUT2D eigenvalue weighted by Gasteiger charge is -2.15. The third kappa shape index (κ3) is 0.931. The summed E-state index contributed by atoms with van der Waals surface area (Å²) in [6.45, 7) is 0.113. The monoisotopic (exact) mass is 166 g/mol. The topological polar surface area (TPSA) is 86.9 Å². The van der Waals surface area contributed by atoms with Crippen LogP contribution in [0.15, 0.2) is 11.1 Å². The second kappa shape index (κ2) is 2.33. The SMILES string of the molecule is O=C1CNc2c(nc[nH]c2=O)N1. The van der Waals surface area contributed by atoms with Crippen molar-refractivity contribution < 1.29 is 4.79 Å². The number of carbonyl (C=O) groups excluding carboxylic acids is 1. The van der Waals surface area contributed by atoms with Crippen LogP contribution >= 0.6 is 0 Å². The zero-order valence-electron chi connectivity index (χ0n) is 6.05. The molecule has 62 valence electrons. The van der Waals surface area contributed by atoms with E-state index in [-0.39, 0.29) is 23.8 Å². The average molecular weight is 166 g/mol. The van der Waals surface area contributed by atoms with Gasteiger partial charge in [-0.15, -0.1) is 0 Å². The summed E-state index contributed by atoms with van der Waals surface area (Å²) in [5, 5.41) is 5.13. The summed E-state index contributed by atoms with van der Waals surface area (Å²) in [4.78, 5) is 28.0. The summed E-state index contributed by atoms with van der Waals surface area (Å²) >= 11 is 0. The number of nitrogens with one attached hydrogen (secondary N) is 3. The lowest BCUT2D eigenvalue weighted by molar-refractivity contribution is -0.114. The molecule has 0 aliphatic carbocycles. The van der Waals surface area contributed by atoms with E-state index in [1.807, 2.05) is 0 Å². The van der Waals surface area contributed by atoms with Crippen molar-refractivity contribution in [1.82, 2.24) is 9.97 Å². The van der Waals surface area contributed by atoms with Gasteiger partial charge in [-0.3, -0.25) is 9.59 Å². The molecule has 1 aromatic heterocycles. The molecule has 0 saturated heterocycles. The number of rotatable bonds is 0. The summed E-state index contributed by atoms with van der Waals surface area (Å²) in [6, 6.07) is 0. The number of hydrogen-bond acceptors (Lipinski definition) is 4. The Hall–Kier alpha value is -1.85. The minimum atomic E-state index is -0.278. The first kappa shape index (κ1) is 6.84. The van der Waals surface area contributed by atoms with E-state index < -0.39 is 0 Å². The molecule has 1 amide bonds. The Balaban J connectivity index is 2.56. The Bertz CT molecular complexity index is 383. The molecule has 12 heavy (non-hydrogen) atoms. The number of H-pyrrole nitrogens is 1. The van der Waals surface area contributed by atoms with Gasteiger partial charge in [-0.1, -0.05) is 0 Å². The summed E-state index contributed by atoms with van der Waals surface area (Å²) < 4.78 is 0. The van der Waals surface area contributed by atoms with E-state index in [1.165, 1.54) is 6.33 Å². The molecule has 3 N–H and O–H groups in total. The Kier molecular flexibility index (Phi) is 1.33. The largest absolute Gasteiger partial charge is 0.369 e. The standard InChI is InChI=1S/C6H6N4O2/c11-3-1-7-4-5(10-3)8-2-9-6(4)12/h2,7H,1H2,(H2,8,9,10,11,12). The molecule has 1 aliphatic heterocycles. The van der Waals surface area contributed by atoms with E-state index >= 15 is 0 Å². The van der Waals surface area contributed by atoms with Crippen LogP contribution in [0.4, 0.5) is 11.5 Å². The van der Waals surface area contributed by atoms with Gasteiger partial charge in [-0.25, -0.2) is 4.98 Å². The maximum Gasteiger partial charge on any atom is 0.276 e. The minimum Gasteiger partial charge on any atom is -0.369 e. The summed E-state index contributed by atoms with van der Waals surface area (Å²) in [6.07, 6.45) is 1.24. The molecular weight excluding hydrogens is 160 g/mol. The maximum atomic E-state index is 11.1. The number of nitrogens with zero attached hydrogens (tertiary/aromatic N) is 1. The summed E-state index contributed by atoms with van der Waals surface area (Å²) in [5.41, 5.74) is 0.0390. The second-order valence-corrected chi connectivity index (χ2v) is 2.36. The lowest BCUT2D eigenvalue weighted by atomic mass is 10.3. The number of hydrogen-bond donors (Lipinski definition) is 3. The van der Waals surface area contributed by atoms with E-state index in [0.717, 1.165) is 0 Å². The first-order valence-electron chi connectivity index (χ1n) is 3.39. The van der Waals surface area contributed by atoms with Crippen molar-refractivity contribution in [3.63, 3.8) is 0 Å². The van der Waals surface area contributed by atoms with Crippen LogP contribution in [0.5, 0.6) is 0 Å². The fourth-order valence-corrected chi connectivity index (χ4v) is 1.00. The first-order valence-corrected chi connectivity index (χ1v) is 3.39. The van der Waals surface area contributed by atoms with Crippen LogP contribution in [0, 0.1) is 0 Å². The number of amides is 1. The van der Waals surface area contributed by atoms with Crippen molar-refractivity contribution in [2.45, 2.75) is 0 Å². The van der Waals surface area contributed by atoms with E-state index in [2.05, 4.69) is 20.6 Å². The number of aromatic amines is 1. The van der Waals surface area contributed by atoms with Gasteiger partial charge in [0.15, 0.2) is 5.82 Å². The maximum absolute atomic E-state index is 11.1. The Morgan fingerprint density at radius 2 is 2.25 bits per heavy atom. The third-order valence-corrected chi connectivity index (χ3v) is 1.54. The van der Waals surface area contributed by atoms with Crippen LogP contribution < -0.4 is 16.2 Å². The zero-order valence-corrected chi connectivity index (χ0v) is 6.05. The summed E-state index contributed by atoms with van der Waals surface area (Å²) in [5.74, 6) is 0.0931. The van der Waals surface area contributed by atoms with Crippen molar-refractivity contribution in [2.24, 2.45) is 0 Å². The summed E-state index contributed by atoms with van der Waals surface area (Å²) in [7, 11) is 0. The Morgan fingerprint density at radius 1 is 1.42 bits per heavy atom. The van der Waals surface area contributed by atoms with E-state index in [9.17, 15) is 9.59 Å². The molecule has 6 nitrogen and oxygen atoms in total. The van der Waals surface area contributed by atoms with E-state index in [1.54, 1.807) is 0 Å². The van der Waals surface area contributed by atoms with Crippen molar-refractivity contribution in [3.05, 3.63) is 16.7 Å². The highest BCUT2D eigenvalue weighted by Crippen LogP contribution is 2.14. The molecule has 0 fully saturated rings. The predicted octanol–water partition coefficient (Wildman–Crippen LogP) is -0.866. The van der Waals surface area contributed by atoms with Crippen molar-refractivity contribution in [3.8, 4) is 0 Å². The minimum absolute atomic E-state index is 0.113. The lowest BCUT2D eigenvalue weighted by Crippen LogP contribution is -2.32. The number of carbonyl (C=O) groups is 1. The smallest absolute Gasteiger partial charge is 0.276 e. The van der Waals surface area contributed by atoms with Gasteiger partial charge < -0.3 is 15.6 Å². The van der Waals surface area contributed by atoms with Crippen LogP contribution in [0.25, 0.3) is 0 Å². The molecule has 0 bridgehead atoms. The van der Waals surface area contributed by atoms with Crippen LogP contribution in [0.1, 0.15) is 0 Å². The van der Waals surface area contributed by atoms with E-state index in [0.29, 0.717) is 5.69 Å². The molecule has 1 aliphatic rings. The van der Waals surface area contributed by atoms with Crippen molar-refractivity contribution >= 4 is 17.4 Å². The molecule has 2 heterocycles. The predicted molar refractivity (Wildman–Crippen MR) is 42.0 cm³/mol. The van der Waals surface area contributed by atoms with Crippen LogP contribution in [0.2, 0.25) is 0 Å². The third-order valence-electron chi connectivity index (χ3n) is 1.54. The van der Waals surface area contributed by atoms with Crippen LogP contribution in [-0.4, -0.2) is 22.4 Å². The zero-order chi connectivity index (χ0) is 8.55. The van der Waals surface area contributed by atoms with Gasteiger partial charge in [0.1, 0.15) is 5.69 Å². The highest BCUT2D eigenvalue weighted by Gasteiger charge is 2.16. The molecule has 0 aromatic carbocycles. The normalized spacial score (nSPS) is 14.5. The number of fused-ring (bicyclic) bond motifs is 1. The van der Waals surface area contributed by atoms with Gasteiger partial charge in [0.2, 0.25) is 5.91 Å². The molecule has 0 atom stereocenters. The fourth-order valence-electron chi connectivity index (χ4n) is 1.00. The van der Waals surface area contributed by atoms with Crippen molar-refractivity contribution in [2.75, 3.05) is 17.2 Å². The van der Waals surface area contributed by atoms with Gasteiger partial charge >= 0.3 is 0 Å². The average Bonchev–Trinajstić information content (AvgIpc) is 2.04. The Labute approximate surface area is 67.0 Å². The highest BCUT2D eigenvalue weighted by molar-refractivity contribution is 5.98. The van der Waals surface area contributed by atoms with Gasteiger partial charge in [-0.2, -0.15) is 0 Å². The number of anilines is 2. The quantitative estimate of drug-likeness (QED) is 0.467. The molecule has 2 rings (SSSR count). The molecule has 6 heteroatoms. The van der Waals surface area contributed by atoms with E-state index in [4.69, 9.17) is 0 Å². The first-order chi connectivity index (χ1) is 5.77. The molecule has 1 aromatic rings. The second-order valence-electron chi connectivity index (χ2n) is 2.36.